The number of unbranched alkanes of at least 4 members (excludes halogenated alkanes) is 1. The molecule has 0 atom stereocenters. The third-order valence-electron chi connectivity index (χ3n) is 1.94. The van der Waals surface area contributed by atoms with Crippen LogP contribution in [0.15, 0.2) is 23.8 Å². The number of ether oxygens (including phenoxy) is 1. The standard InChI is InChI=1S/C11H14O3/c1-2-3-8-14-11(13)9-4-6-10(12)7-5-9/h4-6H,2-3,7-8H2,1H3. The topological polar surface area (TPSA) is 43.4 Å². The Morgan fingerprint density at radius 3 is 2.86 bits per heavy atom. The molecule has 3 heteroatoms. The molecule has 0 N–H and O–H groups in total. The van der Waals surface area contributed by atoms with Crippen molar-refractivity contribution in [1.29, 1.82) is 0 Å². The summed E-state index contributed by atoms with van der Waals surface area (Å²) < 4.78 is 4.99. The number of carbonyl (C=O) groups excluding carboxylic acids is 2. The number of rotatable bonds is 4. The van der Waals surface area contributed by atoms with Crippen LogP contribution < -0.4 is 0 Å². The fourth-order valence-corrected chi connectivity index (χ4v) is 1.07. The summed E-state index contributed by atoms with van der Waals surface area (Å²) in [5.74, 6) is -0.308. The molecular weight excluding hydrogens is 180 g/mol. The van der Waals surface area contributed by atoms with Crippen molar-refractivity contribution in [3.63, 3.8) is 0 Å². The van der Waals surface area contributed by atoms with Crippen LogP contribution >= 0.6 is 0 Å². The highest BCUT2D eigenvalue weighted by molar-refractivity contribution is 6.00. The van der Waals surface area contributed by atoms with Crippen LogP contribution in [0, 0.1) is 0 Å². The molecule has 0 saturated carbocycles. The van der Waals surface area contributed by atoms with Crippen molar-refractivity contribution in [2.24, 2.45) is 0 Å². The van der Waals surface area contributed by atoms with Gasteiger partial charge in [-0.15, -0.1) is 0 Å². The van der Waals surface area contributed by atoms with E-state index >= 15 is 0 Å². The SMILES string of the molecule is CCCCOC(=O)C1=CCC(=O)C=C1. The summed E-state index contributed by atoms with van der Waals surface area (Å²) in [6, 6.07) is 0. The number of esters is 1. The molecule has 0 fully saturated rings. The minimum Gasteiger partial charge on any atom is -0.462 e. The predicted molar refractivity (Wildman–Crippen MR) is 52.7 cm³/mol. The first kappa shape index (κ1) is 10.7. The monoisotopic (exact) mass is 194 g/mol. The highest BCUT2D eigenvalue weighted by atomic mass is 16.5. The van der Waals surface area contributed by atoms with Gasteiger partial charge in [0.1, 0.15) is 0 Å². The lowest BCUT2D eigenvalue weighted by molar-refractivity contribution is -0.138. The summed E-state index contributed by atoms with van der Waals surface area (Å²) >= 11 is 0. The van der Waals surface area contributed by atoms with Gasteiger partial charge in [-0.25, -0.2) is 4.79 Å². The third-order valence-corrected chi connectivity index (χ3v) is 1.94. The van der Waals surface area contributed by atoms with Gasteiger partial charge in [0, 0.05) is 6.42 Å². The molecule has 0 radical (unpaired) electrons. The van der Waals surface area contributed by atoms with Crippen molar-refractivity contribution in [2.75, 3.05) is 6.61 Å². The number of hydrogen-bond acceptors (Lipinski definition) is 3. The average Bonchev–Trinajstić information content (AvgIpc) is 2.19. The highest BCUT2D eigenvalue weighted by Crippen LogP contribution is 2.09. The molecule has 1 aliphatic rings. The van der Waals surface area contributed by atoms with Crippen LogP contribution in [-0.2, 0) is 14.3 Å². The normalized spacial score (nSPS) is 15.2. The second kappa shape index (κ2) is 5.37. The molecular formula is C11H14O3. The van der Waals surface area contributed by atoms with E-state index in [0.717, 1.165) is 12.8 Å². The van der Waals surface area contributed by atoms with Gasteiger partial charge in [-0.05, 0) is 18.6 Å². The molecule has 0 bridgehead atoms. The van der Waals surface area contributed by atoms with E-state index < -0.39 is 0 Å². The van der Waals surface area contributed by atoms with E-state index in [4.69, 9.17) is 4.74 Å². The second-order valence-electron chi connectivity index (χ2n) is 3.15. The molecule has 1 aliphatic carbocycles. The molecule has 0 aromatic heterocycles. The molecule has 0 saturated heterocycles. The summed E-state index contributed by atoms with van der Waals surface area (Å²) in [6.45, 7) is 2.49. The third kappa shape index (κ3) is 3.17. The number of ketones is 1. The Bertz CT molecular complexity index is 287. The molecule has 3 nitrogen and oxygen atoms in total. The van der Waals surface area contributed by atoms with E-state index in [1.54, 1.807) is 6.08 Å². The first-order chi connectivity index (χ1) is 6.74. The van der Waals surface area contributed by atoms with Gasteiger partial charge in [0.25, 0.3) is 0 Å². The van der Waals surface area contributed by atoms with E-state index in [2.05, 4.69) is 0 Å². The molecule has 0 aromatic carbocycles. The largest absolute Gasteiger partial charge is 0.462 e. The van der Waals surface area contributed by atoms with Crippen LogP contribution in [-0.4, -0.2) is 18.4 Å². The molecule has 0 aromatic rings. The number of allylic oxidation sites excluding steroid dienone is 2. The zero-order chi connectivity index (χ0) is 10.4. The lowest BCUT2D eigenvalue weighted by Crippen LogP contribution is -2.10. The van der Waals surface area contributed by atoms with Gasteiger partial charge in [-0.3, -0.25) is 4.79 Å². The predicted octanol–water partition coefficient (Wildman–Crippen LogP) is 1.79. The van der Waals surface area contributed by atoms with Crippen LogP contribution in [0.2, 0.25) is 0 Å². The fraction of sp³-hybridized carbons (Fsp3) is 0.455. The van der Waals surface area contributed by atoms with Gasteiger partial charge in [0.05, 0.1) is 12.2 Å². The molecule has 0 heterocycles. The van der Waals surface area contributed by atoms with Crippen LogP contribution in [0.3, 0.4) is 0 Å². The lowest BCUT2D eigenvalue weighted by atomic mass is 10.1. The van der Waals surface area contributed by atoms with E-state index in [-0.39, 0.29) is 11.8 Å². The van der Waals surface area contributed by atoms with Crippen LogP contribution in [0.5, 0.6) is 0 Å². The van der Waals surface area contributed by atoms with Crippen molar-refractivity contribution >= 4 is 11.8 Å². The summed E-state index contributed by atoms with van der Waals surface area (Å²) in [7, 11) is 0. The summed E-state index contributed by atoms with van der Waals surface area (Å²) in [5, 5.41) is 0. The maximum Gasteiger partial charge on any atom is 0.337 e. The molecule has 0 aliphatic heterocycles. The maximum absolute atomic E-state index is 11.3. The Hall–Kier alpha value is -1.38. The summed E-state index contributed by atoms with van der Waals surface area (Å²) in [4.78, 5) is 22.1. The molecule has 76 valence electrons. The smallest absolute Gasteiger partial charge is 0.337 e. The van der Waals surface area contributed by atoms with Gasteiger partial charge in [0.2, 0.25) is 0 Å². The van der Waals surface area contributed by atoms with Gasteiger partial charge >= 0.3 is 5.97 Å². The van der Waals surface area contributed by atoms with Crippen molar-refractivity contribution in [3.8, 4) is 0 Å². The fourth-order valence-electron chi connectivity index (χ4n) is 1.07. The van der Waals surface area contributed by atoms with E-state index in [9.17, 15) is 9.59 Å². The molecule has 0 spiro atoms. The first-order valence-corrected chi connectivity index (χ1v) is 4.82. The Morgan fingerprint density at radius 2 is 2.29 bits per heavy atom. The molecule has 0 amide bonds. The van der Waals surface area contributed by atoms with Crippen molar-refractivity contribution in [2.45, 2.75) is 26.2 Å². The van der Waals surface area contributed by atoms with Gasteiger partial charge in [-0.1, -0.05) is 19.4 Å². The van der Waals surface area contributed by atoms with Gasteiger partial charge in [-0.2, -0.15) is 0 Å². The zero-order valence-electron chi connectivity index (χ0n) is 8.29. The van der Waals surface area contributed by atoms with Gasteiger partial charge < -0.3 is 4.74 Å². The van der Waals surface area contributed by atoms with E-state index in [0.29, 0.717) is 18.6 Å². The number of carbonyl (C=O) groups is 2. The van der Waals surface area contributed by atoms with E-state index in [1.807, 2.05) is 6.92 Å². The minimum atomic E-state index is -0.331. The summed E-state index contributed by atoms with van der Waals surface area (Å²) in [6.07, 6.45) is 6.71. The summed E-state index contributed by atoms with van der Waals surface area (Å²) in [5.41, 5.74) is 0.487. The minimum absolute atomic E-state index is 0.0232. The first-order valence-electron chi connectivity index (χ1n) is 4.82. The Morgan fingerprint density at radius 1 is 1.50 bits per heavy atom. The Labute approximate surface area is 83.4 Å². The Balaban J connectivity index is 2.38. The van der Waals surface area contributed by atoms with Crippen LogP contribution in [0.4, 0.5) is 0 Å². The van der Waals surface area contributed by atoms with Crippen LogP contribution in [0.1, 0.15) is 26.2 Å². The number of hydrogen-bond donors (Lipinski definition) is 0. The Kier molecular flexibility index (Phi) is 4.11. The van der Waals surface area contributed by atoms with Crippen molar-refractivity contribution in [3.05, 3.63) is 23.8 Å². The molecule has 14 heavy (non-hydrogen) atoms. The van der Waals surface area contributed by atoms with E-state index in [1.165, 1.54) is 12.2 Å². The maximum atomic E-state index is 11.3. The average molecular weight is 194 g/mol. The molecule has 1 rings (SSSR count). The quantitative estimate of drug-likeness (QED) is 0.506. The highest BCUT2D eigenvalue weighted by Gasteiger charge is 2.11. The second-order valence-corrected chi connectivity index (χ2v) is 3.15. The van der Waals surface area contributed by atoms with Gasteiger partial charge in [0.15, 0.2) is 5.78 Å². The van der Waals surface area contributed by atoms with Crippen LogP contribution in [0.25, 0.3) is 0 Å². The zero-order valence-corrected chi connectivity index (χ0v) is 8.29. The lowest BCUT2D eigenvalue weighted by Gasteiger charge is -2.06. The molecule has 0 unspecified atom stereocenters. The van der Waals surface area contributed by atoms with Crippen molar-refractivity contribution in [1.82, 2.24) is 0 Å². The van der Waals surface area contributed by atoms with Crippen molar-refractivity contribution < 1.29 is 14.3 Å².